The van der Waals surface area contributed by atoms with Crippen LogP contribution in [0.4, 0.5) is 23.0 Å². The molecule has 2 N–H and O–H groups in total. The van der Waals surface area contributed by atoms with Crippen LogP contribution in [-0.4, -0.2) is 24.2 Å². The van der Waals surface area contributed by atoms with E-state index in [9.17, 15) is 0 Å². The van der Waals surface area contributed by atoms with Gasteiger partial charge >= 0.3 is 0 Å². The van der Waals surface area contributed by atoms with E-state index in [4.69, 9.17) is 9.47 Å². The van der Waals surface area contributed by atoms with Gasteiger partial charge in [0.15, 0.2) is 0 Å². The molecule has 2 heterocycles. The van der Waals surface area contributed by atoms with Gasteiger partial charge in [-0.05, 0) is 59.7 Å². The summed E-state index contributed by atoms with van der Waals surface area (Å²) in [6.07, 6.45) is 3.56. The molecule has 0 aliphatic carbocycles. The molecule has 0 unspecified atom stereocenters. The monoisotopic (exact) mass is 398 g/mol. The Balaban J connectivity index is 1.59. The molecule has 0 fully saturated rings. The molecule has 150 valence electrons. The molecule has 6 nitrogen and oxygen atoms in total. The summed E-state index contributed by atoms with van der Waals surface area (Å²) in [6, 6.07) is 23.4. The van der Waals surface area contributed by atoms with Crippen molar-refractivity contribution in [3.05, 3.63) is 85.2 Å². The number of nitrogens with one attached hydrogen (secondary N) is 2. The van der Waals surface area contributed by atoms with Crippen molar-refractivity contribution in [2.75, 3.05) is 24.9 Å². The van der Waals surface area contributed by atoms with Crippen LogP contribution in [0.1, 0.15) is 0 Å². The Bertz CT molecular complexity index is 1060. The number of anilines is 4. The topological polar surface area (TPSA) is 68.3 Å². The van der Waals surface area contributed by atoms with Gasteiger partial charge in [0, 0.05) is 12.4 Å². The minimum Gasteiger partial charge on any atom is -0.495 e. The zero-order valence-corrected chi connectivity index (χ0v) is 16.8. The van der Waals surface area contributed by atoms with Gasteiger partial charge in [-0.25, -0.2) is 9.97 Å². The van der Waals surface area contributed by atoms with Gasteiger partial charge in [0.1, 0.15) is 23.1 Å². The fourth-order valence-corrected chi connectivity index (χ4v) is 3.13. The van der Waals surface area contributed by atoms with E-state index >= 15 is 0 Å². The van der Waals surface area contributed by atoms with Crippen LogP contribution >= 0.6 is 0 Å². The second-order valence-corrected chi connectivity index (χ2v) is 6.51. The Morgan fingerprint density at radius 3 is 1.47 bits per heavy atom. The highest BCUT2D eigenvalue weighted by Crippen LogP contribution is 2.30. The van der Waals surface area contributed by atoms with Gasteiger partial charge in [0.25, 0.3) is 0 Å². The van der Waals surface area contributed by atoms with Crippen LogP contribution < -0.4 is 20.1 Å². The van der Waals surface area contributed by atoms with Gasteiger partial charge in [0.2, 0.25) is 0 Å². The first kappa shape index (κ1) is 19.3. The molecule has 0 bridgehead atoms. The van der Waals surface area contributed by atoms with Crippen LogP contribution in [0.5, 0.6) is 11.5 Å². The maximum Gasteiger partial charge on any atom is 0.142 e. The number of methoxy groups -OCH3 is 2. The molecule has 0 atom stereocenters. The summed E-state index contributed by atoms with van der Waals surface area (Å²) in [5, 5.41) is 6.64. The fourth-order valence-electron chi connectivity index (χ4n) is 3.13. The van der Waals surface area contributed by atoms with Crippen LogP contribution in [0, 0.1) is 0 Å². The second kappa shape index (κ2) is 8.96. The summed E-state index contributed by atoms with van der Waals surface area (Å²) < 4.78 is 10.8. The molecule has 0 amide bonds. The second-order valence-electron chi connectivity index (χ2n) is 6.51. The molecule has 0 spiro atoms. The Morgan fingerprint density at radius 1 is 0.600 bits per heavy atom. The van der Waals surface area contributed by atoms with Crippen LogP contribution in [0.2, 0.25) is 0 Å². The van der Waals surface area contributed by atoms with Crippen molar-refractivity contribution in [2.45, 2.75) is 0 Å². The largest absolute Gasteiger partial charge is 0.495 e. The number of para-hydroxylation sites is 4. The lowest BCUT2D eigenvalue weighted by molar-refractivity contribution is 0.416. The predicted octanol–water partition coefficient (Wildman–Crippen LogP) is 5.65. The highest BCUT2D eigenvalue weighted by Gasteiger charge is 2.07. The summed E-state index contributed by atoms with van der Waals surface area (Å²) in [7, 11) is 3.30. The van der Waals surface area contributed by atoms with E-state index in [2.05, 4.69) is 20.6 Å². The van der Waals surface area contributed by atoms with Crippen LogP contribution in [0.25, 0.3) is 11.1 Å². The molecule has 2 aromatic carbocycles. The third kappa shape index (κ3) is 4.33. The molecule has 0 aliphatic rings. The third-order valence-corrected chi connectivity index (χ3v) is 4.59. The van der Waals surface area contributed by atoms with E-state index in [1.165, 1.54) is 0 Å². The van der Waals surface area contributed by atoms with Gasteiger partial charge in [-0.1, -0.05) is 24.3 Å². The average Bonchev–Trinajstić information content (AvgIpc) is 2.80. The lowest BCUT2D eigenvalue weighted by atomic mass is 10.1. The number of benzene rings is 2. The van der Waals surface area contributed by atoms with Gasteiger partial charge in [-0.2, -0.15) is 0 Å². The molecular weight excluding hydrogens is 376 g/mol. The van der Waals surface area contributed by atoms with Crippen molar-refractivity contribution < 1.29 is 9.47 Å². The number of hydrogen-bond acceptors (Lipinski definition) is 6. The summed E-state index contributed by atoms with van der Waals surface area (Å²) in [5.41, 5.74) is 3.76. The quantitative estimate of drug-likeness (QED) is 0.419. The first-order valence-electron chi connectivity index (χ1n) is 9.49. The molecule has 0 saturated carbocycles. The molecular formula is C24H22N4O2. The SMILES string of the molecule is COc1ccccc1Nc1cc(-c2ccnc(Nc3ccccc3OC)c2)ccn1. The molecule has 0 radical (unpaired) electrons. The Morgan fingerprint density at radius 2 is 1.03 bits per heavy atom. The van der Waals surface area contributed by atoms with E-state index in [1.54, 1.807) is 26.6 Å². The number of nitrogens with zero attached hydrogens (tertiary/aromatic N) is 2. The molecule has 0 saturated heterocycles. The smallest absolute Gasteiger partial charge is 0.142 e. The molecule has 2 aromatic heterocycles. The minimum atomic E-state index is 0.730. The van der Waals surface area contributed by atoms with E-state index in [0.717, 1.165) is 45.6 Å². The lowest BCUT2D eigenvalue weighted by Crippen LogP contribution is -1.98. The Kier molecular flexibility index (Phi) is 5.75. The number of aromatic nitrogens is 2. The van der Waals surface area contributed by atoms with Crippen LogP contribution in [-0.2, 0) is 0 Å². The Hall–Kier alpha value is -4.06. The molecule has 4 rings (SSSR count). The molecule has 0 aliphatic heterocycles. The van der Waals surface area contributed by atoms with Crippen molar-refractivity contribution in [3.63, 3.8) is 0 Å². The normalized spacial score (nSPS) is 10.3. The molecule has 4 aromatic rings. The summed E-state index contributed by atoms with van der Waals surface area (Å²) in [4.78, 5) is 8.87. The zero-order valence-electron chi connectivity index (χ0n) is 16.8. The average molecular weight is 398 g/mol. The lowest BCUT2D eigenvalue weighted by Gasteiger charge is -2.12. The maximum atomic E-state index is 5.41. The van der Waals surface area contributed by atoms with Gasteiger partial charge in [-0.15, -0.1) is 0 Å². The molecule has 6 heteroatoms. The van der Waals surface area contributed by atoms with Crippen molar-refractivity contribution in [1.82, 2.24) is 9.97 Å². The predicted molar refractivity (Wildman–Crippen MR) is 120 cm³/mol. The standard InChI is InChI=1S/C24H22N4O2/c1-29-21-9-5-3-7-19(21)27-23-15-17(11-13-25-23)18-12-14-26-24(16-18)28-20-8-4-6-10-22(20)30-2/h3-16H,1-2H3,(H,25,27)(H,26,28). The number of ether oxygens (including phenoxy) is 2. The van der Waals surface area contributed by atoms with E-state index in [0.29, 0.717) is 0 Å². The summed E-state index contributed by atoms with van der Waals surface area (Å²) >= 11 is 0. The third-order valence-electron chi connectivity index (χ3n) is 4.59. The van der Waals surface area contributed by atoms with Crippen LogP contribution in [0.15, 0.2) is 85.2 Å². The van der Waals surface area contributed by atoms with Gasteiger partial charge in [0.05, 0.1) is 25.6 Å². The zero-order chi connectivity index (χ0) is 20.8. The van der Waals surface area contributed by atoms with Crippen molar-refractivity contribution in [1.29, 1.82) is 0 Å². The first-order chi connectivity index (χ1) is 14.8. The first-order valence-corrected chi connectivity index (χ1v) is 9.49. The number of hydrogen-bond donors (Lipinski definition) is 2. The van der Waals surface area contributed by atoms with Gasteiger partial charge in [-0.3, -0.25) is 0 Å². The van der Waals surface area contributed by atoms with Crippen molar-refractivity contribution in [2.24, 2.45) is 0 Å². The van der Waals surface area contributed by atoms with Crippen molar-refractivity contribution in [3.8, 4) is 22.6 Å². The summed E-state index contributed by atoms with van der Waals surface area (Å²) in [5.74, 6) is 2.98. The van der Waals surface area contributed by atoms with E-state index < -0.39 is 0 Å². The van der Waals surface area contributed by atoms with E-state index in [-0.39, 0.29) is 0 Å². The highest BCUT2D eigenvalue weighted by atomic mass is 16.5. The number of rotatable bonds is 7. The molecule has 30 heavy (non-hydrogen) atoms. The van der Waals surface area contributed by atoms with Gasteiger partial charge < -0.3 is 20.1 Å². The minimum absolute atomic E-state index is 0.730. The Labute approximate surface area is 175 Å². The number of pyridine rings is 2. The van der Waals surface area contributed by atoms with E-state index in [1.807, 2.05) is 72.8 Å². The van der Waals surface area contributed by atoms with Crippen molar-refractivity contribution >= 4 is 23.0 Å². The summed E-state index contributed by atoms with van der Waals surface area (Å²) in [6.45, 7) is 0. The fraction of sp³-hybridized carbons (Fsp3) is 0.0833. The maximum absolute atomic E-state index is 5.41. The van der Waals surface area contributed by atoms with Crippen LogP contribution in [0.3, 0.4) is 0 Å². The highest BCUT2D eigenvalue weighted by molar-refractivity contribution is 5.73.